The van der Waals surface area contributed by atoms with E-state index in [4.69, 9.17) is 0 Å². The second-order valence-corrected chi connectivity index (χ2v) is 5.94. The quantitative estimate of drug-likeness (QED) is 0.864. The van der Waals surface area contributed by atoms with Crippen molar-refractivity contribution in [3.05, 3.63) is 12.7 Å². The largest absolute Gasteiger partial charge is 0.338 e. The van der Waals surface area contributed by atoms with Gasteiger partial charge in [0.2, 0.25) is 5.91 Å². The Bertz CT molecular complexity index is 434. The van der Waals surface area contributed by atoms with Gasteiger partial charge in [0.1, 0.15) is 19.2 Å². The summed E-state index contributed by atoms with van der Waals surface area (Å²) in [5.74, 6) is 0.170. The van der Waals surface area contributed by atoms with E-state index in [1.807, 2.05) is 0 Å². The highest BCUT2D eigenvalue weighted by atomic mass is 16.2. The molecule has 2 atom stereocenters. The van der Waals surface area contributed by atoms with Crippen LogP contribution in [-0.4, -0.2) is 50.2 Å². The highest BCUT2D eigenvalue weighted by molar-refractivity contribution is 5.76. The Labute approximate surface area is 119 Å². The fourth-order valence-corrected chi connectivity index (χ4v) is 3.58. The average molecular weight is 277 g/mol. The first kappa shape index (κ1) is 13.5. The molecule has 110 valence electrons. The van der Waals surface area contributed by atoms with Crippen molar-refractivity contribution < 1.29 is 4.79 Å². The number of aromatic nitrogens is 3. The molecule has 3 heterocycles. The molecular formula is C14H23N5O. The van der Waals surface area contributed by atoms with Crippen LogP contribution in [0.15, 0.2) is 12.7 Å². The van der Waals surface area contributed by atoms with Crippen LogP contribution < -0.4 is 5.32 Å². The number of nitrogens with one attached hydrogen (secondary N) is 1. The smallest absolute Gasteiger partial charge is 0.244 e. The first-order valence-electron chi connectivity index (χ1n) is 7.64. The summed E-state index contributed by atoms with van der Waals surface area (Å²) in [4.78, 5) is 18.5. The van der Waals surface area contributed by atoms with Gasteiger partial charge in [-0.15, -0.1) is 0 Å². The molecule has 1 aromatic heterocycles. The van der Waals surface area contributed by atoms with Crippen LogP contribution in [0.3, 0.4) is 0 Å². The van der Waals surface area contributed by atoms with Crippen LogP contribution in [0.2, 0.25) is 0 Å². The molecule has 0 radical (unpaired) electrons. The van der Waals surface area contributed by atoms with E-state index < -0.39 is 0 Å². The lowest BCUT2D eigenvalue weighted by atomic mass is 9.98. The summed E-state index contributed by atoms with van der Waals surface area (Å²) < 4.78 is 1.61. The van der Waals surface area contributed by atoms with E-state index in [-0.39, 0.29) is 5.91 Å². The highest BCUT2D eigenvalue weighted by Crippen LogP contribution is 2.30. The van der Waals surface area contributed by atoms with Crippen molar-refractivity contribution in [3.63, 3.8) is 0 Å². The summed E-state index contributed by atoms with van der Waals surface area (Å²) in [7, 11) is 0. The van der Waals surface area contributed by atoms with Gasteiger partial charge in [-0.25, -0.2) is 9.67 Å². The molecule has 6 nitrogen and oxygen atoms in total. The average Bonchev–Trinajstić information content (AvgIpc) is 3.05. The number of hydrogen-bond donors (Lipinski definition) is 1. The van der Waals surface area contributed by atoms with E-state index in [0.29, 0.717) is 24.7 Å². The zero-order valence-corrected chi connectivity index (χ0v) is 12.0. The monoisotopic (exact) mass is 277 g/mol. The third-order valence-electron chi connectivity index (χ3n) is 4.44. The van der Waals surface area contributed by atoms with Gasteiger partial charge in [-0.1, -0.05) is 6.92 Å². The van der Waals surface area contributed by atoms with Gasteiger partial charge in [0.25, 0.3) is 0 Å². The molecule has 6 heteroatoms. The molecule has 2 unspecified atom stereocenters. The van der Waals surface area contributed by atoms with Crippen LogP contribution >= 0.6 is 0 Å². The highest BCUT2D eigenvalue weighted by Gasteiger charge is 2.37. The molecule has 2 fully saturated rings. The number of hydrogen-bond acceptors (Lipinski definition) is 4. The maximum Gasteiger partial charge on any atom is 0.244 e. The first-order chi connectivity index (χ1) is 9.76. The Hall–Kier alpha value is -1.43. The van der Waals surface area contributed by atoms with E-state index in [0.717, 1.165) is 25.8 Å². The first-order valence-corrected chi connectivity index (χ1v) is 7.64. The molecule has 1 amide bonds. The lowest BCUT2D eigenvalue weighted by Crippen LogP contribution is -2.51. The lowest BCUT2D eigenvalue weighted by molar-refractivity contribution is -0.135. The summed E-state index contributed by atoms with van der Waals surface area (Å²) in [6.07, 6.45) is 8.80. The number of amides is 1. The molecule has 20 heavy (non-hydrogen) atoms. The van der Waals surface area contributed by atoms with Crippen molar-refractivity contribution in [2.45, 2.75) is 63.7 Å². The molecule has 1 aromatic rings. The lowest BCUT2D eigenvalue weighted by Gasteiger charge is -2.37. The van der Waals surface area contributed by atoms with Gasteiger partial charge >= 0.3 is 0 Å². The summed E-state index contributed by atoms with van der Waals surface area (Å²) in [5.41, 5.74) is 0. The summed E-state index contributed by atoms with van der Waals surface area (Å²) >= 11 is 0. The van der Waals surface area contributed by atoms with E-state index in [1.54, 1.807) is 11.0 Å². The second-order valence-electron chi connectivity index (χ2n) is 5.94. The number of fused-ring (bicyclic) bond motifs is 2. The van der Waals surface area contributed by atoms with Crippen LogP contribution in [-0.2, 0) is 11.3 Å². The summed E-state index contributed by atoms with van der Waals surface area (Å²) in [5, 5.41) is 7.67. The Kier molecular flexibility index (Phi) is 4.00. The Morgan fingerprint density at radius 2 is 2.15 bits per heavy atom. The minimum Gasteiger partial charge on any atom is -0.338 e. The number of nitrogens with zero attached hydrogens (tertiary/aromatic N) is 4. The van der Waals surface area contributed by atoms with Crippen LogP contribution in [0, 0.1) is 0 Å². The Morgan fingerprint density at radius 1 is 1.40 bits per heavy atom. The second kappa shape index (κ2) is 5.91. The van der Waals surface area contributed by atoms with Crippen molar-refractivity contribution in [1.82, 2.24) is 25.0 Å². The molecule has 2 bridgehead atoms. The SMILES string of the molecule is CCCN(C(=O)Cn1cncn1)C1CC2CCC(C1)N2. The minimum atomic E-state index is 0.170. The molecular weight excluding hydrogens is 254 g/mol. The Balaban J connectivity index is 1.66. The van der Waals surface area contributed by atoms with Gasteiger partial charge in [0.15, 0.2) is 0 Å². The van der Waals surface area contributed by atoms with Crippen molar-refractivity contribution in [1.29, 1.82) is 0 Å². The van der Waals surface area contributed by atoms with Gasteiger partial charge < -0.3 is 10.2 Å². The third kappa shape index (κ3) is 2.85. The molecule has 2 saturated heterocycles. The normalized spacial score (nSPS) is 28.6. The maximum atomic E-state index is 12.6. The zero-order chi connectivity index (χ0) is 13.9. The Morgan fingerprint density at radius 3 is 2.75 bits per heavy atom. The summed E-state index contributed by atoms with van der Waals surface area (Å²) in [6.45, 7) is 3.28. The minimum absolute atomic E-state index is 0.170. The number of carbonyl (C=O) groups is 1. The standard InChI is InChI=1S/C14H23N5O/c1-2-5-19(14(20)8-18-10-15-9-16-18)13-6-11-3-4-12(7-13)17-11/h9-13,17H,2-8H2,1H3. The molecule has 1 N–H and O–H groups in total. The molecule has 2 aliphatic rings. The molecule has 0 saturated carbocycles. The topological polar surface area (TPSA) is 63.1 Å². The van der Waals surface area contributed by atoms with E-state index in [9.17, 15) is 4.79 Å². The van der Waals surface area contributed by atoms with E-state index in [2.05, 4.69) is 27.2 Å². The molecule has 0 aliphatic carbocycles. The molecule has 0 aromatic carbocycles. The predicted octanol–water partition coefficient (Wildman–Crippen LogP) is 0.800. The van der Waals surface area contributed by atoms with Crippen LogP contribution in [0.25, 0.3) is 0 Å². The molecule has 0 spiro atoms. The fraction of sp³-hybridized carbons (Fsp3) is 0.786. The zero-order valence-electron chi connectivity index (χ0n) is 12.0. The molecule has 2 aliphatic heterocycles. The number of piperidine rings is 1. The summed E-state index contributed by atoms with van der Waals surface area (Å²) in [6, 6.07) is 1.61. The van der Waals surface area contributed by atoms with Gasteiger partial charge in [0, 0.05) is 24.7 Å². The van der Waals surface area contributed by atoms with Gasteiger partial charge in [0.05, 0.1) is 0 Å². The number of carbonyl (C=O) groups excluding carboxylic acids is 1. The number of rotatable bonds is 5. The van der Waals surface area contributed by atoms with Crippen molar-refractivity contribution >= 4 is 5.91 Å². The predicted molar refractivity (Wildman–Crippen MR) is 75.0 cm³/mol. The van der Waals surface area contributed by atoms with Crippen LogP contribution in [0.4, 0.5) is 0 Å². The van der Waals surface area contributed by atoms with E-state index >= 15 is 0 Å². The van der Waals surface area contributed by atoms with Crippen molar-refractivity contribution in [2.24, 2.45) is 0 Å². The third-order valence-corrected chi connectivity index (χ3v) is 4.44. The van der Waals surface area contributed by atoms with Crippen molar-refractivity contribution in [2.75, 3.05) is 6.54 Å². The van der Waals surface area contributed by atoms with Gasteiger partial charge in [-0.05, 0) is 32.1 Å². The van der Waals surface area contributed by atoms with Crippen LogP contribution in [0.1, 0.15) is 39.0 Å². The van der Waals surface area contributed by atoms with E-state index in [1.165, 1.54) is 19.2 Å². The van der Waals surface area contributed by atoms with Gasteiger partial charge in [-0.2, -0.15) is 5.10 Å². The fourth-order valence-electron chi connectivity index (χ4n) is 3.58. The van der Waals surface area contributed by atoms with Gasteiger partial charge in [-0.3, -0.25) is 4.79 Å². The van der Waals surface area contributed by atoms with Crippen molar-refractivity contribution in [3.8, 4) is 0 Å². The van der Waals surface area contributed by atoms with Crippen LogP contribution in [0.5, 0.6) is 0 Å². The molecule has 3 rings (SSSR count). The maximum absolute atomic E-state index is 12.6.